The van der Waals surface area contributed by atoms with Gasteiger partial charge >= 0.3 is 6.18 Å². The second kappa shape index (κ2) is 3.69. The normalized spacial score (nSPS) is 11.7. The number of hydrogen-bond acceptors (Lipinski definition) is 2. The molecule has 0 amide bonds. The number of hydrogen-bond donors (Lipinski definition) is 3. The molecule has 0 unspecified atom stereocenters. The Kier molecular flexibility index (Phi) is 2.45. The predicted octanol–water partition coefficient (Wildman–Crippen LogP) is 2.09. The number of aromatic amines is 2. The van der Waals surface area contributed by atoms with Gasteiger partial charge in [0.25, 0.3) is 5.56 Å². The zero-order chi connectivity index (χ0) is 12.6. The molecule has 1 aromatic heterocycles. The third-order valence-electron chi connectivity index (χ3n) is 2.22. The smallest absolute Gasteiger partial charge is 0.433 e. The Morgan fingerprint density at radius 1 is 1.06 bits per heavy atom. The van der Waals surface area contributed by atoms with Crippen molar-refractivity contribution >= 4 is 0 Å². The first kappa shape index (κ1) is 11.3. The minimum Gasteiger partial charge on any atom is -0.508 e. The van der Waals surface area contributed by atoms with Gasteiger partial charge in [-0.3, -0.25) is 15.0 Å². The second-order valence-electron chi connectivity index (χ2n) is 3.37. The summed E-state index contributed by atoms with van der Waals surface area (Å²) in [7, 11) is 0. The molecule has 0 bridgehead atoms. The van der Waals surface area contributed by atoms with Gasteiger partial charge in [0.05, 0.1) is 5.56 Å². The Balaban J connectivity index is 2.63. The Hall–Kier alpha value is -2.18. The Morgan fingerprint density at radius 2 is 1.65 bits per heavy atom. The van der Waals surface area contributed by atoms with Crippen molar-refractivity contribution in [1.82, 2.24) is 10.2 Å². The quantitative estimate of drug-likeness (QED) is 0.718. The third-order valence-corrected chi connectivity index (χ3v) is 2.22. The van der Waals surface area contributed by atoms with E-state index in [4.69, 9.17) is 5.11 Å². The molecule has 1 aromatic carbocycles. The van der Waals surface area contributed by atoms with Crippen LogP contribution in [0.3, 0.4) is 0 Å². The van der Waals surface area contributed by atoms with Gasteiger partial charge in [0.2, 0.25) is 0 Å². The average molecular weight is 244 g/mol. The molecule has 4 nitrogen and oxygen atoms in total. The minimum absolute atomic E-state index is 0.0811. The van der Waals surface area contributed by atoms with Crippen LogP contribution >= 0.6 is 0 Å². The molecule has 17 heavy (non-hydrogen) atoms. The lowest BCUT2D eigenvalue weighted by Crippen LogP contribution is -2.09. The molecule has 1 heterocycles. The molecular formula is C10H7F3N2O2. The number of alkyl halides is 3. The lowest BCUT2D eigenvalue weighted by molar-refractivity contribution is -0.140. The molecule has 0 fully saturated rings. The van der Waals surface area contributed by atoms with E-state index in [1.165, 1.54) is 24.3 Å². The zero-order valence-electron chi connectivity index (χ0n) is 8.30. The van der Waals surface area contributed by atoms with Crippen LogP contribution in [0.2, 0.25) is 0 Å². The highest BCUT2D eigenvalue weighted by molar-refractivity contribution is 5.66. The number of rotatable bonds is 1. The van der Waals surface area contributed by atoms with Gasteiger partial charge in [0, 0.05) is 0 Å². The van der Waals surface area contributed by atoms with E-state index in [9.17, 15) is 18.0 Å². The second-order valence-corrected chi connectivity index (χ2v) is 3.37. The van der Waals surface area contributed by atoms with E-state index in [0.29, 0.717) is 0 Å². The number of H-pyrrole nitrogens is 2. The van der Waals surface area contributed by atoms with Crippen molar-refractivity contribution in [3.8, 4) is 16.9 Å². The number of aromatic hydroxyl groups is 1. The molecule has 0 aliphatic carbocycles. The van der Waals surface area contributed by atoms with Crippen LogP contribution in [0.25, 0.3) is 11.1 Å². The van der Waals surface area contributed by atoms with Crippen molar-refractivity contribution in [2.75, 3.05) is 0 Å². The highest BCUT2D eigenvalue weighted by atomic mass is 19.4. The van der Waals surface area contributed by atoms with Gasteiger partial charge in [-0.1, -0.05) is 12.1 Å². The van der Waals surface area contributed by atoms with Gasteiger partial charge in [-0.15, -0.1) is 0 Å². The molecule has 0 aliphatic heterocycles. The molecule has 0 radical (unpaired) electrons. The molecule has 90 valence electrons. The van der Waals surface area contributed by atoms with Crippen molar-refractivity contribution in [3.63, 3.8) is 0 Å². The SMILES string of the molecule is O=c1[nH][nH]c(C(F)(F)F)c1-c1ccc(O)cc1. The first-order chi connectivity index (χ1) is 7.89. The maximum absolute atomic E-state index is 12.6. The standard InChI is InChI=1S/C10H7F3N2O2/c11-10(12,13)8-7(9(17)15-14-8)5-1-3-6(16)4-2-5/h1-4,16H,(H2,14,15,17). The van der Waals surface area contributed by atoms with Gasteiger partial charge in [-0.2, -0.15) is 13.2 Å². The Bertz CT molecular complexity index is 581. The van der Waals surface area contributed by atoms with E-state index >= 15 is 0 Å². The lowest BCUT2D eigenvalue weighted by Gasteiger charge is -2.06. The molecule has 0 saturated carbocycles. The van der Waals surface area contributed by atoms with Crippen LogP contribution in [0.5, 0.6) is 5.75 Å². The van der Waals surface area contributed by atoms with E-state index in [0.717, 1.165) is 0 Å². The van der Waals surface area contributed by atoms with Crippen LogP contribution in [0.1, 0.15) is 5.69 Å². The maximum Gasteiger partial charge on any atom is 0.433 e. The summed E-state index contributed by atoms with van der Waals surface area (Å²) >= 11 is 0. The summed E-state index contributed by atoms with van der Waals surface area (Å²) in [6, 6.07) is 4.90. The molecule has 2 rings (SSSR count). The molecule has 7 heteroatoms. The Morgan fingerprint density at radius 3 is 2.18 bits per heavy atom. The molecule has 0 saturated heterocycles. The summed E-state index contributed by atoms with van der Waals surface area (Å²) in [5.74, 6) is -0.0886. The summed E-state index contributed by atoms with van der Waals surface area (Å²) in [6.45, 7) is 0. The van der Waals surface area contributed by atoms with Crippen molar-refractivity contribution in [1.29, 1.82) is 0 Å². The van der Waals surface area contributed by atoms with Crippen molar-refractivity contribution in [2.24, 2.45) is 0 Å². The maximum atomic E-state index is 12.6. The van der Waals surface area contributed by atoms with Crippen molar-refractivity contribution < 1.29 is 18.3 Å². The molecule has 2 aromatic rings. The van der Waals surface area contributed by atoms with Crippen LogP contribution in [-0.2, 0) is 6.18 Å². The summed E-state index contributed by atoms with van der Waals surface area (Å²) in [5, 5.41) is 12.7. The van der Waals surface area contributed by atoms with Gasteiger partial charge < -0.3 is 5.11 Å². The fourth-order valence-electron chi connectivity index (χ4n) is 1.47. The van der Waals surface area contributed by atoms with Crippen LogP contribution in [0.4, 0.5) is 13.2 Å². The molecule has 0 atom stereocenters. The summed E-state index contributed by atoms with van der Waals surface area (Å²) in [5.41, 5.74) is -2.40. The molecular weight excluding hydrogens is 237 g/mol. The first-order valence-electron chi connectivity index (χ1n) is 4.57. The van der Waals surface area contributed by atoms with Crippen molar-refractivity contribution in [2.45, 2.75) is 6.18 Å². The van der Waals surface area contributed by atoms with Crippen molar-refractivity contribution in [3.05, 3.63) is 40.3 Å². The predicted molar refractivity (Wildman–Crippen MR) is 53.5 cm³/mol. The fourth-order valence-corrected chi connectivity index (χ4v) is 1.47. The highest BCUT2D eigenvalue weighted by Crippen LogP contribution is 2.33. The van der Waals surface area contributed by atoms with Crippen LogP contribution in [-0.4, -0.2) is 15.3 Å². The van der Waals surface area contributed by atoms with Gasteiger partial charge in [0.1, 0.15) is 11.4 Å². The fraction of sp³-hybridized carbons (Fsp3) is 0.100. The first-order valence-corrected chi connectivity index (χ1v) is 4.57. The number of benzene rings is 1. The molecule has 0 spiro atoms. The summed E-state index contributed by atoms with van der Waals surface area (Å²) in [4.78, 5) is 11.3. The largest absolute Gasteiger partial charge is 0.508 e. The monoisotopic (exact) mass is 244 g/mol. The van der Waals surface area contributed by atoms with E-state index in [1.807, 2.05) is 5.10 Å². The number of phenolic OH excluding ortho intramolecular Hbond substituents is 1. The van der Waals surface area contributed by atoms with E-state index in [2.05, 4.69) is 0 Å². The minimum atomic E-state index is -4.65. The third kappa shape index (κ3) is 2.03. The Labute approximate surface area is 92.7 Å². The number of phenols is 1. The summed E-state index contributed by atoms with van der Waals surface area (Å²) in [6.07, 6.45) is -4.65. The van der Waals surface area contributed by atoms with Crippen LogP contribution < -0.4 is 5.56 Å². The van der Waals surface area contributed by atoms with Gasteiger partial charge in [-0.05, 0) is 17.7 Å². The van der Waals surface area contributed by atoms with Crippen LogP contribution in [0, 0.1) is 0 Å². The average Bonchev–Trinajstić information content (AvgIpc) is 2.61. The van der Waals surface area contributed by atoms with E-state index < -0.39 is 23.0 Å². The van der Waals surface area contributed by atoms with Gasteiger partial charge in [-0.25, -0.2) is 0 Å². The van der Waals surface area contributed by atoms with E-state index in [-0.39, 0.29) is 11.3 Å². The number of halogens is 3. The number of nitrogens with one attached hydrogen (secondary N) is 2. The van der Waals surface area contributed by atoms with E-state index in [1.54, 1.807) is 5.10 Å². The highest BCUT2D eigenvalue weighted by Gasteiger charge is 2.37. The van der Waals surface area contributed by atoms with Gasteiger partial charge in [0.15, 0.2) is 0 Å². The number of aromatic nitrogens is 2. The molecule has 0 aliphatic rings. The topological polar surface area (TPSA) is 68.9 Å². The zero-order valence-corrected chi connectivity index (χ0v) is 8.30. The lowest BCUT2D eigenvalue weighted by atomic mass is 10.1. The van der Waals surface area contributed by atoms with Crippen LogP contribution in [0.15, 0.2) is 29.1 Å². The molecule has 3 N–H and O–H groups in total. The summed E-state index contributed by atoms with van der Waals surface area (Å²) < 4.78 is 37.8.